The van der Waals surface area contributed by atoms with Gasteiger partial charge >= 0.3 is 6.09 Å². The van der Waals surface area contributed by atoms with Crippen LogP contribution in [-0.2, 0) is 4.74 Å². The van der Waals surface area contributed by atoms with Crippen molar-refractivity contribution in [1.82, 2.24) is 5.32 Å². The van der Waals surface area contributed by atoms with Crippen LogP contribution < -0.4 is 5.32 Å². The van der Waals surface area contributed by atoms with Crippen LogP contribution in [0.3, 0.4) is 0 Å². The Bertz CT molecular complexity index is 340. The van der Waals surface area contributed by atoms with E-state index >= 15 is 0 Å². The number of amides is 1. The van der Waals surface area contributed by atoms with E-state index in [1.807, 2.05) is 24.3 Å². The average molecular weight is 242 g/mol. The summed E-state index contributed by atoms with van der Waals surface area (Å²) in [5, 5.41) is 2.72. The van der Waals surface area contributed by atoms with Crippen LogP contribution in [-0.4, -0.2) is 12.7 Å². The number of hydrogen-bond donors (Lipinski definition) is 1. The van der Waals surface area contributed by atoms with Gasteiger partial charge in [0.15, 0.2) is 0 Å². The van der Waals surface area contributed by atoms with Crippen LogP contribution in [0.2, 0.25) is 0 Å². The third kappa shape index (κ3) is 1.83. The molecule has 0 radical (unpaired) electrons. The lowest BCUT2D eigenvalue weighted by atomic mass is 10.1. The van der Waals surface area contributed by atoms with Gasteiger partial charge in [-0.15, -0.1) is 0 Å². The molecule has 1 saturated heterocycles. The van der Waals surface area contributed by atoms with Crippen molar-refractivity contribution < 1.29 is 9.53 Å². The van der Waals surface area contributed by atoms with E-state index < -0.39 is 0 Å². The summed E-state index contributed by atoms with van der Waals surface area (Å²) < 4.78 is 5.80. The van der Waals surface area contributed by atoms with Gasteiger partial charge in [-0.25, -0.2) is 4.79 Å². The van der Waals surface area contributed by atoms with Crippen LogP contribution in [0.25, 0.3) is 0 Å². The molecule has 2 rings (SSSR count). The van der Waals surface area contributed by atoms with E-state index in [1.54, 1.807) is 0 Å². The van der Waals surface area contributed by atoms with Crippen LogP contribution in [0.1, 0.15) is 11.6 Å². The van der Waals surface area contributed by atoms with Crippen molar-refractivity contribution in [1.29, 1.82) is 0 Å². The highest BCUT2D eigenvalue weighted by atomic mass is 79.9. The minimum atomic E-state index is -0.343. The topological polar surface area (TPSA) is 38.3 Å². The van der Waals surface area contributed by atoms with Crippen molar-refractivity contribution in [2.75, 3.05) is 6.61 Å². The largest absolute Gasteiger partial charge is 0.447 e. The van der Waals surface area contributed by atoms with Crippen molar-refractivity contribution in [3.05, 3.63) is 34.3 Å². The maximum Gasteiger partial charge on any atom is 0.407 e. The summed E-state index contributed by atoms with van der Waals surface area (Å²) in [7, 11) is 0. The van der Waals surface area contributed by atoms with Crippen LogP contribution in [0, 0.1) is 0 Å². The number of ether oxygens (including phenoxy) is 1. The monoisotopic (exact) mass is 241 g/mol. The molecular weight excluding hydrogens is 234 g/mol. The Kier molecular flexibility index (Phi) is 2.22. The first-order chi connectivity index (χ1) is 6.25. The number of cyclic esters (lactones) is 1. The molecule has 13 heavy (non-hydrogen) atoms. The third-order valence-electron chi connectivity index (χ3n) is 1.92. The molecule has 1 aliphatic rings. The summed E-state index contributed by atoms with van der Waals surface area (Å²) in [5.74, 6) is 0. The van der Waals surface area contributed by atoms with Gasteiger partial charge in [-0.3, -0.25) is 0 Å². The fourth-order valence-electron chi connectivity index (χ4n) is 1.29. The van der Waals surface area contributed by atoms with Gasteiger partial charge in [0.1, 0.15) is 6.61 Å². The second-order valence-corrected chi connectivity index (χ2v) is 3.77. The number of benzene rings is 1. The second-order valence-electron chi connectivity index (χ2n) is 2.85. The van der Waals surface area contributed by atoms with Crippen LogP contribution in [0.5, 0.6) is 0 Å². The Hall–Kier alpha value is -1.03. The number of carbonyl (C=O) groups excluding carboxylic acids is 1. The summed E-state index contributed by atoms with van der Waals surface area (Å²) >= 11 is 3.37. The van der Waals surface area contributed by atoms with Gasteiger partial charge in [0.25, 0.3) is 0 Å². The van der Waals surface area contributed by atoms with E-state index in [0.29, 0.717) is 6.61 Å². The summed E-state index contributed by atoms with van der Waals surface area (Å²) in [6.07, 6.45) is -0.343. The maximum atomic E-state index is 10.8. The summed E-state index contributed by atoms with van der Waals surface area (Å²) in [5.41, 5.74) is 1.06. The van der Waals surface area contributed by atoms with Gasteiger partial charge in [0.05, 0.1) is 6.04 Å². The molecule has 0 saturated carbocycles. The molecule has 1 aromatic rings. The second kappa shape index (κ2) is 3.38. The lowest BCUT2D eigenvalue weighted by molar-refractivity contribution is 0.177. The molecule has 4 heteroatoms. The molecule has 1 N–H and O–H groups in total. The predicted octanol–water partition coefficient (Wildman–Crippen LogP) is 2.23. The Morgan fingerprint density at radius 3 is 3.00 bits per heavy atom. The van der Waals surface area contributed by atoms with E-state index in [1.165, 1.54) is 0 Å². The average Bonchev–Trinajstić information content (AvgIpc) is 2.52. The molecule has 68 valence electrons. The molecule has 1 aliphatic heterocycles. The lowest BCUT2D eigenvalue weighted by Gasteiger charge is -2.06. The van der Waals surface area contributed by atoms with Crippen molar-refractivity contribution >= 4 is 22.0 Å². The van der Waals surface area contributed by atoms with Crippen molar-refractivity contribution in [2.24, 2.45) is 0 Å². The predicted molar refractivity (Wildman–Crippen MR) is 51.4 cm³/mol. The standard InChI is InChI=1S/C9H8BrNO2/c10-7-3-1-2-6(4-7)8-5-13-9(12)11-8/h1-4,8H,5H2,(H,11,12)/t8-/m1/s1. The van der Waals surface area contributed by atoms with E-state index in [9.17, 15) is 4.79 Å². The highest BCUT2D eigenvalue weighted by molar-refractivity contribution is 9.10. The molecule has 1 amide bonds. The molecule has 1 aromatic carbocycles. The SMILES string of the molecule is O=C1N[C@@H](c2cccc(Br)c2)CO1. The molecule has 0 unspecified atom stereocenters. The van der Waals surface area contributed by atoms with Crippen molar-refractivity contribution in [3.63, 3.8) is 0 Å². The number of hydrogen-bond acceptors (Lipinski definition) is 2. The first kappa shape index (κ1) is 8.56. The summed E-state index contributed by atoms with van der Waals surface area (Å²) in [6.45, 7) is 0.412. The third-order valence-corrected chi connectivity index (χ3v) is 2.42. The van der Waals surface area contributed by atoms with E-state index in [0.717, 1.165) is 10.0 Å². The zero-order chi connectivity index (χ0) is 9.26. The Morgan fingerprint density at radius 2 is 2.38 bits per heavy atom. The smallest absolute Gasteiger partial charge is 0.407 e. The van der Waals surface area contributed by atoms with E-state index in [-0.39, 0.29) is 12.1 Å². The Labute approximate surface area is 84.2 Å². The zero-order valence-corrected chi connectivity index (χ0v) is 8.37. The normalized spacial score (nSPS) is 21.0. The quantitative estimate of drug-likeness (QED) is 0.819. The molecule has 1 heterocycles. The fourth-order valence-corrected chi connectivity index (χ4v) is 1.70. The Balaban J connectivity index is 2.21. The van der Waals surface area contributed by atoms with Crippen LogP contribution in [0.15, 0.2) is 28.7 Å². The molecule has 1 fully saturated rings. The number of carbonyl (C=O) groups is 1. The fraction of sp³-hybridized carbons (Fsp3) is 0.222. The molecule has 0 aliphatic carbocycles. The van der Waals surface area contributed by atoms with Gasteiger partial charge in [0, 0.05) is 4.47 Å². The summed E-state index contributed by atoms with van der Waals surface area (Å²) in [4.78, 5) is 10.8. The number of nitrogens with one attached hydrogen (secondary N) is 1. The minimum Gasteiger partial charge on any atom is -0.447 e. The first-order valence-corrected chi connectivity index (χ1v) is 4.74. The number of alkyl carbamates (subject to hydrolysis) is 1. The molecule has 0 bridgehead atoms. The van der Waals surface area contributed by atoms with Gasteiger partial charge in [0.2, 0.25) is 0 Å². The molecule has 3 nitrogen and oxygen atoms in total. The van der Waals surface area contributed by atoms with Crippen molar-refractivity contribution in [2.45, 2.75) is 6.04 Å². The van der Waals surface area contributed by atoms with Crippen LogP contribution in [0.4, 0.5) is 4.79 Å². The van der Waals surface area contributed by atoms with Crippen LogP contribution >= 0.6 is 15.9 Å². The Morgan fingerprint density at radius 1 is 1.54 bits per heavy atom. The van der Waals surface area contributed by atoms with Gasteiger partial charge in [-0.1, -0.05) is 28.1 Å². The highest BCUT2D eigenvalue weighted by Gasteiger charge is 2.23. The minimum absolute atomic E-state index is 0.00926. The van der Waals surface area contributed by atoms with E-state index in [2.05, 4.69) is 21.2 Å². The highest BCUT2D eigenvalue weighted by Crippen LogP contribution is 2.21. The number of rotatable bonds is 1. The zero-order valence-electron chi connectivity index (χ0n) is 6.79. The van der Waals surface area contributed by atoms with Gasteiger partial charge in [-0.2, -0.15) is 0 Å². The molecule has 1 atom stereocenters. The van der Waals surface area contributed by atoms with Crippen molar-refractivity contribution in [3.8, 4) is 0 Å². The molecule has 0 spiro atoms. The van der Waals surface area contributed by atoms with E-state index in [4.69, 9.17) is 4.74 Å². The van der Waals surface area contributed by atoms with Gasteiger partial charge < -0.3 is 10.1 Å². The molecule has 0 aromatic heterocycles. The number of halogens is 1. The molecular formula is C9H8BrNO2. The summed E-state index contributed by atoms with van der Waals surface area (Å²) in [6, 6.07) is 7.81. The lowest BCUT2D eigenvalue weighted by Crippen LogP contribution is -2.18. The first-order valence-electron chi connectivity index (χ1n) is 3.94. The van der Waals surface area contributed by atoms with Gasteiger partial charge in [-0.05, 0) is 17.7 Å². The maximum absolute atomic E-state index is 10.8.